The van der Waals surface area contributed by atoms with Crippen molar-refractivity contribution in [3.05, 3.63) is 241 Å². The van der Waals surface area contributed by atoms with Crippen LogP contribution in [0.4, 0.5) is 17.1 Å². The number of para-hydroxylation sites is 1. The third-order valence-electron chi connectivity index (χ3n) is 13.1. The SMILES string of the molecule is c1ccc(-c2ccc(N(c3ccccc3)c3cc4c5c(ccc6c5c5c(cccc5n6-c5cccc6ccccc56)C45c4ccccc4-c4ccccc45)c3)cc2)cc1. The average Bonchev–Trinajstić information content (AvgIpc) is 3.80. The van der Waals surface area contributed by atoms with Crippen molar-refractivity contribution in [2.24, 2.45) is 0 Å². The standard InChI is InChI=1S/C57H36N2/c1-3-15-37(16-4-1)38-29-32-42(33-30-38)58(41-19-5-2-6-20-41)43-35-40-31-34-53-56-54(40)50(36-43)57(47-24-11-9-22-45(47)46-23-10-12-25-48(46)57)49-26-14-28-52(55(49)56)59(53)51-27-13-18-39-17-7-8-21-44(39)51/h1-36H. The van der Waals surface area contributed by atoms with E-state index in [-0.39, 0.29) is 0 Å². The largest absolute Gasteiger partial charge is 0.310 e. The van der Waals surface area contributed by atoms with Crippen LogP contribution < -0.4 is 4.90 Å². The number of benzene rings is 10. The molecule has 0 N–H and O–H groups in total. The second kappa shape index (κ2) is 12.2. The van der Waals surface area contributed by atoms with Crippen LogP contribution in [0.1, 0.15) is 22.3 Å². The van der Waals surface area contributed by atoms with E-state index in [1.807, 2.05) is 0 Å². The molecule has 1 spiro atoms. The van der Waals surface area contributed by atoms with Gasteiger partial charge in [0.2, 0.25) is 0 Å². The Morgan fingerprint density at radius 1 is 0.339 bits per heavy atom. The fraction of sp³-hybridized carbons (Fsp3) is 0.0175. The molecule has 0 unspecified atom stereocenters. The van der Waals surface area contributed by atoms with Gasteiger partial charge in [-0.25, -0.2) is 0 Å². The molecule has 2 aliphatic rings. The van der Waals surface area contributed by atoms with Crippen molar-refractivity contribution in [2.45, 2.75) is 5.41 Å². The van der Waals surface area contributed by atoms with Crippen LogP contribution in [0.5, 0.6) is 0 Å². The number of nitrogens with zero attached hydrogens (tertiary/aromatic N) is 2. The summed E-state index contributed by atoms with van der Waals surface area (Å²) in [7, 11) is 0. The first-order chi connectivity index (χ1) is 29.3. The van der Waals surface area contributed by atoms with E-state index < -0.39 is 5.41 Å². The molecular weight excluding hydrogens is 713 g/mol. The summed E-state index contributed by atoms with van der Waals surface area (Å²) in [5.41, 5.74) is 16.9. The maximum atomic E-state index is 2.53. The molecule has 0 aliphatic heterocycles. The van der Waals surface area contributed by atoms with Crippen LogP contribution in [-0.2, 0) is 5.41 Å². The highest BCUT2D eigenvalue weighted by atomic mass is 15.1. The van der Waals surface area contributed by atoms with Crippen molar-refractivity contribution >= 4 is 60.4 Å². The van der Waals surface area contributed by atoms with E-state index in [0.717, 1.165) is 17.1 Å². The highest BCUT2D eigenvalue weighted by Crippen LogP contribution is 2.63. The van der Waals surface area contributed by atoms with E-state index in [9.17, 15) is 0 Å². The number of anilines is 3. The highest BCUT2D eigenvalue weighted by Gasteiger charge is 2.50. The molecular formula is C57H36N2. The predicted molar refractivity (Wildman–Crippen MR) is 247 cm³/mol. The summed E-state index contributed by atoms with van der Waals surface area (Å²) in [6.45, 7) is 0. The third-order valence-corrected chi connectivity index (χ3v) is 13.1. The van der Waals surface area contributed by atoms with Crippen molar-refractivity contribution in [1.82, 2.24) is 4.57 Å². The fourth-order valence-corrected chi connectivity index (χ4v) is 10.8. The number of hydrogen-bond acceptors (Lipinski definition) is 1. The smallest absolute Gasteiger partial charge is 0.0727 e. The molecule has 2 heteroatoms. The Labute approximate surface area is 342 Å². The summed E-state index contributed by atoms with van der Waals surface area (Å²) in [5, 5.41) is 7.72. The van der Waals surface area contributed by atoms with E-state index in [2.05, 4.69) is 228 Å². The molecule has 0 fully saturated rings. The zero-order valence-corrected chi connectivity index (χ0v) is 32.2. The lowest BCUT2D eigenvalue weighted by atomic mass is 9.63. The van der Waals surface area contributed by atoms with Crippen LogP contribution in [0.2, 0.25) is 0 Å². The fourth-order valence-electron chi connectivity index (χ4n) is 10.8. The second-order valence-electron chi connectivity index (χ2n) is 16.0. The van der Waals surface area contributed by atoms with Crippen LogP contribution in [0.15, 0.2) is 218 Å². The first kappa shape index (κ1) is 32.4. The van der Waals surface area contributed by atoms with Gasteiger partial charge in [0.15, 0.2) is 0 Å². The average molecular weight is 749 g/mol. The lowest BCUT2D eigenvalue weighted by molar-refractivity contribution is 0.783. The van der Waals surface area contributed by atoms with Crippen molar-refractivity contribution in [2.75, 3.05) is 4.90 Å². The molecule has 10 aromatic carbocycles. The lowest BCUT2D eigenvalue weighted by Gasteiger charge is -2.39. The predicted octanol–water partition coefficient (Wildman–Crippen LogP) is 14.9. The molecule has 274 valence electrons. The van der Waals surface area contributed by atoms with Gasteiger partial charge in [-0.3, -0.25) is 0 Å². The Balaban J connectivity index is 1.17. The Bertz CT molecular complexity index is 3440. The van der Waals surface area contributed by atoms with Crippen LogP contribution in [0, 0.1) is 0 Å². The van der Waals surface area contributed by atoms with Gasteiger partial charge >= 0.3 is 0 Å². The Morgan fingerprint density at radius 2 is 0.932 bits per heavy atom. The maximum absolute atomic E-state index is 2.53. The van der Waals surface area contributed by atoms with E-state index in [1.54, 1.807) is 0 Å². The van der Waals surface area contributed by atoms with Crippen molar-refractivity contribution in [1.29, 1.82) is 0 Å². The molecule has 0 bridgehead atoms. The Morgan fingerprint density at radius 3 is 1.71 bits per heavy atom. The van der Waals surface area contributed by atoms with Gasteiger partial charge < -0.3 is 9.47 Å². The molecule has 2 nitrogen and oxygen atoms in total. The van der Waals surface area contributed by atoms with Crippen LogP contribution in [0.25, 0.3) is 71.3 Å². The summed E-state index contributed by atoms with van der Waals surface area (Å²) in [4.78, 5) is 2.44. The molecule has 1 aromatic heterocycles. The number of aromatic nitrogens is 1. The topological polar surface area (TPSA) is 8.17 Å². The van der Waals surface area contributed by atoms with Gasteiger partial charge in [-0.2, -0.15) is 0 Å². The molecule has 0 amide bonds. The van der Waals surface area contributed by atoms with E-state index in [1.165, 1.54) is 93.5 Å². The van der Waals surface area contributed by atoms with E-state index in [4.69, 9.17) is 0 Å². The first-order valence-corrected chi connectivity index (χ1v) is 20.5. The number of rotatable bonds is 5. The molecule has 0 radical (unpaired) electrons. The Hall–Kier alpha value is -7.68. The van der Waals surface area contributed by atoms with Gasteiger partial charge in [0.25, 0.3) is 0 Å². The minimum atomic E-state index is -0.549. The molecule has 13 rings (SSSR count). The highest BCUT2D eigenvalue weighted by molar-refractivity contribution is 6.27. The van der Waals surface area contributed by atoms with Crippen molar-refractivity contribution in [3.8, 4) is 27.9 Å². The molecule has 1 heterocycles. The first-order valence-electron chi connectivity index (χ1n) is 20.5. The monoisotopic (exact) mass is 748 g/mol. The van der Waals surface area contributed by atoms with Crippen molar-refractivity contribution in [3.63, 3.8) is 0 Å². The van der Waals surface area contributed by atoms with Gasteiger partial charge in [0, 0.05) is 33.2 Å². The minimum absolute atomic E-state index is 0.549. The molecule has 59 heavy (non-hydrogen) atoms. The maximum Gasteiger partial charge on any atom is 0.0727 e. The normalized spacial score (nSPS) is 13.2. The van der Waals surface area contributed by atoms with E-state index in [0.29, 0.717) is 0 Å². The quantitative estimate of drug-likeness (QED) is 0.170. The van der Waals surface area contributed by atoms with Crippen LogP contribution in [0.3, 0.4) is 0 Å². The molecule has 0 saturated heterocycles. The van der Waals surface area contributed by atoms with Gasteiger partial charge in [-0.15, -0.1) is 0 Å². The summed E-state index contributed by atoms with van der Waals surface area (Å²) in [5.74, 6) is 0. The van der Waals surface area contributed by atoms with Gasteiger partial charge in [0.1, 0.15) is 0 Å². The van der Waals surface area contributed by atoms with E-state index >= 15 is 0 Å². The molecule has 2 aliphatic carbocycles. The van der Waals surface area contributed by atoms with Crippen molar-refractivity contribution < 1.29 is 0 Å². The van der Waals surface area contributed by atoms with Gasteiger partial charge in [-0.05, 0) is 115 Å². The summed E-state index contributed by atoms with van der Waals surface area (Å²) < 4.78 is 2.53. The zero-order chi connectivity index (χ0) is 38.7. The molecule has 0 saturated carbocycles. The lowest BCUT2D eigenvalue weighted by Crippen LogP contribution is -2.31. The third kappa shape index (κ3) is 4.35. The Kier molecular flexibility index (Phi) is 6.68. The van der Waals surface area contributed by atoms with Crippen LogP contribution >= 0.6 is 0 Å². The molecule has 11 aromatic rings. The van der Waals surface area contributed by atoms with Gasteiger partial charge in [-0.1, -0.05) is 164 Å². The van der Waals surface area contributed by atoms with Gasteiger partial charge in [0.05, 0.1) is 22.1 Å². The number of fused-ring (bicyclic) bond motifs is 8. The second-order valence-corrected chi connectivity index (χ2v) is 16.0. The summed E-state index contributed by atoms with van der Waals surface area (Å²) >= 11 is 0. The minimum Gasteiger partial charge on any atom is -0.310 e. The van der Waals surface area contributed by atoms with Crippen LogP contribution in [-0.4, -0.2) is 4.57 Å². The molecule has 0 atom stereocenters. The summed E-state index contributed by atoms with van der Waals surface area (Å²) in [6.07, 6.45) is 0. The summed E-state index contributed by atoms with van der Waals surface area (Å²) in [6, 6.07) is 81.0. The zero-order valence-electron chi connectivity index (χ0n) is 32.2. The number of hydrogen-bond donors (Lipinski definition) is 0.